The summed E-state index contributed by atoms with van der Waals surface area (Å²) in [5, 5.41) is 2.48. The predicted octanol–water partition coefficient (Wildman–Crippen LogP) is 13.6. The smallest absolute Gasteiger partial charge is 0.0468 e. The summed E-state index contributed by atoms with van der Waals surface area (Å²) in [6, 6.07) is 71.2. The third-order valence-electron chi connectivity index (χ3n) is 8.86. The number of hydrogen-bond acceptors (Lipinski definition) is 1. The van der Waals surface area contributed by atoms with Gasteiger partial charge in [0.25, 0.3) is 0 Å². The van der Waals surface area contributed by atoms with Gasteiger partial charge in [0.2, 0.25) is 0 Å². The van der Waals surface area contributed by atoms with Crippen molar-refractivity contribution in [2.24, 2.45) is 0 Å². The van der Waals surface area contributed by atoms with Gasteiger partial charge in [0.1, 0.15) is 0 Å². The highest BCUT2D eigenvalue weighted by molar-refractivity contribution is 5.89. The van der Waals surface area contributed by atoms with Crippen LogP contribution in [0.3, 0.4) is 0 Å². The fraction of sp³-hybridized carbons (Fsp3) is 0.0417. The van der Waals surface area contributed by atoms with Gasteiger partial charge in [-0.1, -0.05) is 175 Å². The zero-order valence-corrected chi connectivity index (χ0v) is 28.0. The highest BCUT2D eigenvalue weighted by Crippen LogP contribution is 2.38. The summed E-state index contributed by atoms with van der Waals surface area (Å²) in [5.41, 5.74) is 13.5. The fourth-order valence-electron chi connectivity index (χ4n) is 6.20. The van der Waals surface area contributed by atoms with Gasteiger partial charge in [-0.15, -0.1) is 0 Å². The van der Waals surface area contributed by atoms with Gasteiger partial charge in [-0.05, 0) is 94.4 Å². The molecular weight excluding hydrogens is 591 g/mol. The molecule has 0 aliphatic heterocycles. The van der Waals surface area contributed by atoms with Crippen molar-refractivity contribution >= 4 is 27.8 Å². The van der Waals surface area contributed by atoms with Crippen LogP contribution in [-0.4, -0.2) is 0 Å². The maximum absolute atomic E-state index is 2.33. The molecule has 8 rings (SSSR count). The third-order valence-corrected chi connectivity index (χ3v) is 8.86. The summed E-state index contributed by atoms with van der Waals surface area (Å²) in [6.45, 7) is 4.24. The molecule has 0 saturated carbocycles. The Balaban J connectivity index is 0.000000244. The van der Waals surface area contributed by atoms with Crippen molar-refractivity contribution in [1.82, 2.24) is 0 Å². The number of anilines is 3. The second-order valence-corrected chi connectivity index (χ2v) is 12.4. The van der Waals surface area contributed by atoms with Gasteiger partial charge in [0.05, 0.1) is 0 Å². The zero-order valence-electron chi connectivity index (χ0n) is 28.0. The lowest BCUT2D eigenvalue weighted by atomic mass is 10.0. The van der Waals surface area contributed by atoms with Crippen LogP contribution in [0.4, 0.5) is 17.1 Å². The topological polar surface area (TPSA) is 3.24 Å². The second-order valence-electron chi connectivity index (χ2n) is 12.4. The van der Waals surface area contributed by atoms with Gasteiger partial charge >= 0.3 is 0 Å². The van der Waals surface area contributed by atoms with E-state index in [2.05, 4.69) is 213 Å². The summed E-state index contributed by atoms with van der Waals surface area (Å²) in [7, 11) is 0. The monoisotopic (exact) mass is 629 g/mol. The van der Waals surface area contributed by atoms with Gasteiger partial charge in [-0.25, -0.2) is 0 Å². The fourth-order valence-corrected chi connectivity index (χ4v) is 6.20. The van der Waals surface area contributed by atoms with Crippen LogP contribution in [0.25, 0.3) is 44.2 Å². The van der Waals surface area contributed by atoms with Crippen molar-refractivity contribution in [3.8, 4) is 33.4 Å². The molecule has 8 aromatic carbocycles. The summed E-state index contributed by atoms with van der Waals surface area (Å²) in [6.07, 6.45) is 0. The van der Waals surface area contributed by atoms with Gasteiger partial charge < -0.3 is 4.90 Å². The molecule has 0 N–H and O–H groups in total. The predicted molar refractivity (Wildman–Crippen MR) is 211 cm³/mol. The number of nitrogens with zero attached hydrogens (tertiary/aromatic N) is 1. The number of fused-ring (bicyclic) bond motifs is 1. The molecule has 0 atom stereocenters. The maximum atomic E-state index is 2.33. The largest absolute Gasteiger partial charge is 0.310 e. The van der Waals surface area contributed by atoms with E-state index in [1.165, 1.54) is 55.3 Å². The molecular formula is C48H39N. The quantitative estimate of drug-likeness (QED) is 0.177. The van der Waals surface area contributed by atoms with E-state index < -0.39 is 0 Å². The van der Waals surface area contributed by atoms with Gasteiger partial charge in [-0.3, -0.25) is 0 Å². The van der Waals surface area contributed by atoms with E-state index in [1.54, 1.807) is 0 Å². The Labute approximate surface area is 290 Å². The van der Waals surface area contributed by atoms with Crippen LogP contribution in [0.2, 0.25) is 0 Å². The first-order valence-electron chi connectivity index (χ1n) is 16.8. The normalized spacial score (nSPS) is 10.7. The van der Waals surface area contributed by atoms with Crippen LogP contribution < -0.4 is 4.90 Å². The number of aryl methyl sites for hydroxylation is 2. The lowest BCUT2D eigenvalue weighted by Crippen LogP contribution is -2.09. The minimum Gasteiger partial charge on any atom is -0.310 e. The second kappa shape index (κ2) is 14.7. The molecule has 0 aliphatic rings. The number of rotatable bonds is 6. The lowest BCUT2D eigenvalue weighted by molar-refractivity contribution is 1.29. The zero-order chi connectivity index (χ0) is 33.4. The first-order chi connectivity index (χ1) is 24.1. The van der Waals surface area contributed by atoms with E-state index >= 15 is 0 Å². The minimum absolute atomic E-state index is 1.13. The van der Waals surface area contributed by atoms with Crippen molar-refractivity contribution in [2.75, 3.05) is 4.90 Å². The van der Waals surface area contributed by atoms with Gasteiger partial charge in [0.15, 0.2) is 0 Å². The Kier molecular flexibility index (Phi) is 9.43. The molecule has 0 bridgehead atoms. The van der Waals surface area contributed by atoms with Crippen molar-refractivity contribution in [3.63, 3.8) is 0 Å². The lowest BCUT2D eigenvalue weighted by Gasteiger charge is -2.26. The molecule has 0 spiro atoms. The average Bonchev–Trinajstić information content (AvgIpc) is 3.17. The van der Waals surface area contributed by atoms with Crippen molar-refractivity contribution in [1.29, 1.82) is 0 Å². The molecule has 236 valence electrons. The van der Waals surface area contributed by atoms with Gasteiger partial charge in [-0.2, -0.15) is 0 Å². The van der Waals surface area contributed by atoms with Crippen LogP contribution in [0.1, 0.15) is 11.1 Å². The average molecular weight is 630 g/mol. The van der Waals surface area contributed by atoms with Crippen LogP contribution >= 0.6 is 0 Å². The molecule has 8 aromatic rings. The van der Waals surface area contributed by atoms with E-state index in [-0.39, 0.29) is 0 Å². The van der Waals surface area contributed by atoms with E-state index in [0.29, 0.717) is 0 Å². The molecule has 0 saturated heterocycles. The highest BCUT2D eigenvalue weighted by atomic mass is 15.1. The Morgan fingerprint density at radius 2 is 0.694 bits per heavy atom. The van der Waals surface area contributed by atoms with E-state index in [1.807, 2.05) is 6.07 Å². The van der Waals surface area contributed by atoms with Crippen molar-refractivity contribution in [2.45, 2.75) is 13.8 Å². The van der Waals surface area contributed by atoms with E-state index in [9.17, 15) is 0 Å². The molecule has 1 nitrogen and oxygen atoms in total. The maximum Gasteiger partial charge on any atom is 0.0468 e. The molecule has 0 fully saturated rings. The Morgan fingerprint density at radius 3 is 1.24 bits per heavy atom. The molecule has 0 radical (unpaired) electrons. The molecule has 0 aliphatic carbocycles. The summed E-state index contributed by atoms with van der Waals surface area (Å²) in [4.78, 5) is 2.33. The highest BCUT2D eigenvalue weighted by Gasteiger charge is 2.14. The summed E-state index contributed by atoms with van der Waals surface area (Å²) < 4.78 is 0. The minimum atomic E-state index is 1.13. The Hall–Kier alpha value is -6.18. The standard InChI is InChI=1S/C35H27N.C13H12/c1-26-11-13-29(14-12-26)31-17-22-34(23-18-31)36(35-24-19-28-9-5-6-10-32(28)25-35)33-20-15-30(16-21-33)27-7-3-2-4-8-27;1-11-6-5-9-13(10-11)12-7-3-2-4-8-12/h2-25H,1H3;2-10H,1H3. The Bertz CT molecular complexity index is 2250. The molecule has 0 heterocycles. The summed E-state index contributed by atoms with van der Waals surface area (Å²) in [5.74, 6) is 0. The molecule has 0 unspecified atom stereocenters. The first kappa shape index (κ1) is 31.4. The van der Waals surface area contributed by atoms with E-state index in [0.717, 1.165) is 17.1 Å². The van der Waals surface area contributed by atoms with Crippen molar-refractivity contribution in [3.05, 3.63) is 211 Å². The summed E-state index contributed by atoms with van der Waals surface area (Å²) >= 11 is 0. The van der Waals surface area contributed by atoms with E-state index in [4.69, 9.17) is 0 Å². The molecule has 49 heavy (non-hydrogen) atoms. The van der Waals surface area contributed by atoms with Crippen LogP contribution in [0, 0.1) is 13.8 Å². The number of benzene rings is 8. The van der Waals surface area contributed by atoms with Crippen LogP contribution in [0.15, 0.2) is 200 Å². The van der Waals surface area contributed by atoms with Gasteiger partial charge in [0, 0.05) is 17.1 Å². The van der Waals surface area contributed by atoms with Crippen LogP contribution in [0.5, 0.6) is 0 Å². The molecule has 0 aromatic heterocycles. The third kappa shape index (κ3) is 7.53. The number of hydrogen-bond donors (Lipinski definition) is 0. The Morgan fingerprint density at radius 1 is 0.265 bits per heavy atom. The molecule has 1 heteroatoms. The first-order valence-corrected chi connectivity index (χ1v) is 16.8. The van der Waals surface area contributed by atoms with Crippen molar-refractivity contribution < 1.29 is 0 Å². The SMILES string of the molecule is Cc1ccc(-c2ccc(N(c3ccc(-c4ccccc4)cc3)c3ccc4ccccc4c3)cc2)cc1.Cc1cccc(-c2ccccc2)c1. The molecule has 0 amide bonds. The van der Waals surface area contributed by atoms with Crippen LogP contribution in [-0.2, 0) is 0 Å².